The smallest absolute Gasteiger partial charge is 0.257 e. The topological polar surface area (TPSA) is 54.9 Å². The Balaban J connectivity index is 1.99. The lowest BCUT2D eigenvalue weighted by atomic mass is 10.1. The van der Waals surface area contributed by atoms with Crippen molar-refractivity contribution in [1.82, 2.24) is 9.97 Å². The van der Waals surface area contributed by atoms with Gasteiger partial charge in [-0.15, -0.1) is 0 Å². The SMILES string of the molecule is Cc1ncccc1C(=O)Nc1cccc2cc(Br)cnc12. The normalized spacial score (nSPS) is 10.6. The average molecular weight is 342 g/mol. The first-order valence-corrected chi connectivity index (χ1v) is 7.22. The molecular formula is C16H12BrN3O. The maximum Gasteiger partial charge on any atom is 0.257 e. The highest BCUT2D eigenvalue weighted by Crippen LogP contribution is 2.24. The van der Waals surface area contributed by atoms with Gasteiger partial charge in [0, 0.05) is 27.9 Å². The van der Waals surface area contributed by atoms with Crippen LogP contribution in [0.3, 0.4) is 0 Å². The number of aryl methyl sites for hydroxylation is 1. The fourth-order valence-electron chi connectivity index (χ4n) is 2.15. The standard InChI is InChI=1S/C16H12BrN3O/c1-10-13(5-3-7-18-10)16(21)20-14-6-2-4-11-8-12(17)9-19-15(11)14/h2-9H,1H3,(H,20,21). The van der Waals surface area contributed by atoms with Gasteiger partial charge in [0.25, 0.3) is 5.91 Å². The average Bonchev–Trinajstić information content (AvgIpc) is 2.47. The van der Waals surface area contributed by atoms with Crippen LogP contribution < -0.4 is 5.32 Å². The summed E-state index contributed by atoms with van der Waals surface area (Å²) in [5.41, 5.74) is 2.71. The van der Waals surface area contributed by atoms with Crippen LogP contribution in [0.1, 0.15) is 16.1 Å². The van der Waals surface area contributed by atoms with Gasteiger partial charge in [0.1, 0.15) is 0 Å². The van der Waals surface area contributed by atoms with Gasteiger partial charge in [0.15, 0.2) is 0 Å². The number of hydrogen-bond acceptors (Lipinski definition) is 3. The van der Waals surface area contributed by atoms with E-state index in [1.54, 1.807) is 24.5 Å². The van der Waals surface area contributed by atoms with Crippen LogP contribution in [0.4, 0.5) is 5.69 Å². The molecule has 0 aliphatic rings. The minimum Gasteiger partial charge on any atom is -0.320 e. The summed E-state index contributed by atoms with van der Waals surface area (Å²) < 4.78 is 0.904. The first-order chi connectivity index (χ1) is 10.1. The molecule has 2 heterocycles. The lowest BCUT2D eigenvalue weighted by Gasteiger charge is -2.09. The van der Waals surface area contributed by atoms with Gasteiger partial charge in [-0.25, -0.2) is 0 Å². The number of amides is 1. The Morgan fingerprint density at radius 3 is 2.86 bits per heavy atom. The number of pyridine rings is 2. The molecule has 3 aromatic rings. The summed E-state index contributed by atoms with van der Waals surface area (Å²) in [5, 5.41) is 3.87. The monoisotopic (exact) mass is 341 g/mol. The number of hydrogen-bond donors (Lipinski definition) is 1. The minimum atomic E-state index is -0.183. The molecule has 21 heavy (non-hydrogen) atoms. The van der Waals surface area contributed by atoms with E-state index in [2.05, 4.69) is 31.2 Å². The zero-order valence-corrected chi connectivity index (χ0v) is 12.9. The third-order valence-electron chi connectivity index (χ3n) is 3.18. The largest absolute Gasteiger partial charge is 0.320 e. The Bertz CT molecular complexity index is 833. The third-order valence-corrected chi connectivity index (χ3v) is 3.61. The summed E-state index contributed by atoms with van der Waals surface area (Å²) in [5.74, 6) is -0.183. The molecule has 1 aromatic carbocycles. The van der Waals surface area contributed by atoms with Crippen LogP contribution >= 0.6 is 15.9 Å². The lowest BCUT2D eigenvalue weighted by Crippen LogP contribution is -2.14. The van der Waals surface area contributed by atoms with Crippen LogP contribution in [0.5, 0.6) is 0 Å². The first-order valence-electron chi connectivity index (χ1n) is 6.42. The van der Waals surface area contributed by atoms with Gasteiger partial charge in [-0.2, -0.15) is 0 Å². The highest BCUT2D eigenvalue weighted by Gasteiger charge is 2.11. The molecule has 0 bridgehead atoms. The second-order valence-electron chi connectivity index (χ2n) is 4.62. The van der Waals surface area contributed by atoms with Gasteiger partial charge in [-0.3, -0.25) is 14.8 Å². The maximum atomic E-state index is 12.4. The Hall–Kier alpha value is -2.27. The van der Waals surface area contributed by atoms with E-state index in [0.717, 1.165) is 15.4 Å². The van der Waals surface area contributed by atoms with E-state index in [0.29, 0.717) is 16.9 Å². The van der Waals surface area contributed by atoms with E-state index in [4.69, 9.17) is 0 Å². The number of para-hydroxylation sites is 1. The van der Waals surface area contributed by atoms with Crippen molar-refractivity contribution in [3.05, 3.63) is 64.5 Å². The first kappa shape index (κ1) is 13.7. The lowest BCUT2D eigenvalue weighted by molar-refractivity contribution is 0.102. The van der Waals surface area contributed by atoms with Crippen LogP contribution in [-0.4, -0.2) is 15.9 Å². The molecule has 0 radical (unpaired) electrons. The second-order valence-corrected chi connectivity index (χ2v) is 5.54. The predicted octanol–water partition coefficient (Wildman–Crippen LogP) is 3.95. The van der Waals surface area contributed by atoms with Crippen LogP contribution in [0.25, 0.3) is 10.9 Å². The number of halogens is 1. The number of anilines is 1. The number of rotatable bonds is 2. The van der Waals surface area contributed by atoms with Crippen molar-refractivity contribution >= 4 is 38.4 Å². The van der Waals surface area contributed by atoms with Crippen LogP contribution in [0, 0.1) is 6.92 Å². The highest BCUT2D eigenvalue weighted by molar-refractivity contribution is 9.10. The number of benzene rings is 1. The van der Waals surface area contributed by atoms with E-state index >= 15 is 0 Å². The van der Waals surface area contributed by atoms with Crippen molar-refractivity contribution in [2.24, 2.45) is 0 Å². The Morgan fingerprint density at radius 1 is 1.19 bits per heavy atom. The van der Waals surface area contributed by atoms with Crippen molar-refractivity contribution in [3.63, 3.8) is 0 Å². The number of carbonyl (C=O) groups excluding carboxylic acids is 1. The van der Waals surface area contributed by atoms with Crippen LogP contribution in [-0.2, 0) is 0 Å². The quantitative estimate of drug-likeness (QED) is 0.767. The van der Waals surface area contributed by atoms with Crippen LogP contribution in [0.2, 0.25) is 0 Å². The molecular weight excluding hydrogens is 330 g/mol. The molecule has 3 rings (SSSR count). The molecule has 104 valence electrons. The van der Waals surface area contributed by atoms with Gasteiger partial charge in [0.2, 0.25) is 0 Å². The number of nitrogens with one attached hydrogen (secondary N) is 1. The van der Waals surface area contributed by atoms with Crippen molar-refractivity contribution < 1.29 is 4.79 Å². The summed E-state index contributed by atoms with van der Waals surface area (Å²) in [6, 6.07) is 11.2. The molecule has 0 saturated carbocycles. The van der Waals surface area contributed by atoms with Crippen LogP contribution in [0.15, 0.2) is 53.3 Å². The zero-order chi connectivity index (χ0) is 14.8. The Morgan fingerprint density at radius 2 is 2.05 bits per heavy atom. The molecule has 0 spiro atoms. The van der Waals surface area contributed by atoms with Crippen molar-refractivity contribution in [1.29, 1.82) is 0 Å². The molecule has 2 aromatic heterocycles. The van der Waals surface area contributed by atoms with E-state index in [9.17, 15) is 4.79 Å². The zero-order valence-electron chi connectivity index (χ0n) is 11.3. The number of fused-ring (bicyclic) bond motifs is 1. The van der Waals surface area contributed by atoms with Gasteiger partial charge in [-0.05, 0) is 47.1 Å². The fourth-order valence-corrected chi connectivity index (χ4v) is 2.50. The van der Waals surface area contributed by atoms with Gasteiger partial charge in [0.05, 0.1) is 16.8 Å². The number of carbonyl (C=O) groups is 1. The molecule has 1 amide bonds. The summed E-state index contributed by atoms with van der Waals surface area (Å²) >= 11 is 3.40. The van der Waals surface area contributed by atoms with Gasteiger partial charge >= 0.3 is 0 Å². The van der Waals surface area contributed by atoms with E-state index < -0.39 is 0 Å². The number of aromatic nitrogens is 2. The summed E-state index contributed by atoms with van der Waals surface area (Å²) in [6.07, 6.45) is 3.39. The van der Waals surface area contributed by atoms with Crippen molar-refractivity contribution in [3.8, 4) is 0 Å². The molecule has 1 N–H and O–H groups in total. The molecule has 5 heteroatoms. The summed E-state index contributed by atoms with van der Waals surface area (Å²) in [4.78, 5) is 20.9. The molecule has 0 aliphatic heterocycles. The third kappa shape index (κ3) is 2.78. The molecule has 0 fully saturated rings. The van der Waals surface area contributed by atoms with Gasteiger partial charge < -0.3 is 5.32 Å². The molecule has 0 saturated heterocycles. The van der Waals surface area contributed by atoms with Crippen molar-refractivity contribution in [2.45, 2.75) is 6.92 Å². The summed E-state index contributed by atoms with van der Waals surface area (Å²) in [6.45, 7) is 1.81. The van der Waals surface area contributed by atoms with Crippen molar-refractivity contribution in [2.75, 3.05) is 5.32 Å². The highest BCUT2D eigenvalue weighted by atomic mass is 79.9. The second kappa shape index (κ2) is 5.61. The van der Waals surface area contributed by atoms with Gasteiger partial charge in [-0.1, -0.05) is 12.1 Å². The van der Waals surface area contributed by atoms with E-state index in [1.165, 1.54) is 0 Å². The molecule has 0 unspecified atom stereocenters. The maximum absolute atomic E-state index is 12.4. The predicted molar refractivity (Wildman–Crippen MR) is 86.4 cm³/mol. The Kier molecular flexibility index (Phi) is 3.66. The molecule has 4 nitrogen and oxygen atoms in total. The number of nitrogens with zero attached hydrogens (tertiary/aromatic N) is 2. The fraction of sp³-hybridized carbons (Fsp3) is 0.0625. The molecule has 0 atom stereocenters. The van der Waals surface area contributed by atoms with E-state index in [1.807, 2.05) is 31.2 Å². The minimum absolute atomic E-state index is 0.183. The summed E-state index contributed by atoms with van der Waals surface area (Å²) in [7, 11) is 0. The van der Waals surface area contributed by atoms with E-state index in [-0.39, 0.29) is 5.91 Å². The molecule has 0 aliphatic carbocycles. The Labute approximate surface area is 130 Å².